The molecule has 2 rings (SSSR count). The predicted octanol–water partition coefficient (Wildman–Crippen LogP) is 2.52. The molecule has 1 fully saturated rings. The molecule has 1 unspecified atom stereocenters. The van der Waals surface area contributed by atoms with Gasteiger partial charge in [0.05, 0.1) is 5.69 Å². The van der Waals surface area contributed by atoms with E-state index in [4.69, 9.17) is 5.73 Å². The van der Waals surface area contributed by atoms with Crippen LogP contribution < -0.4 is 10.6 Å². The minimum Gasteiger partial charge on any atom is -0.369 e. The van der Waals surface area contributed by atoms with Crippen molar-refractivity contribution < 1.29 is 4.39 Å². The van der Waals surface area contributed by atoms with Crippen molar-refractivity contribution in [2.75, 3.05) is 18.0 Å². The summed E-state index contributed by atoms with van der Waals surface area (Å²) in [5.74, 6) is 0.496. The van der Waals surface area contributed by atoms with E-state index >= 15 is 0 Å². The lowest BCUT2D eigenvalue weighted by atomic mass is 9.98. The fourth-order valence-corrected chi connectivity index (χ4v) is 2.47. The first-order valence-corrected chi connectivity index (χ1v) is 5.94. The SMILES string of the molecule is CC1CCCN(c2c(F)cccc2CN)C1. The molecule has 1 saturated heterocycles. The Labute approximate surface area is 96.2 Å². The maximum Gasteiger partial charge on any atom is 0.146 e. The first kappa shape index (κ1) is 11.4. The Kier molecular flexibility index (Phi) is 3.44. The highest BCUT2D eigenvalue weighted by Gasteiger charge is 2.21. The lowest BCUT2D eigenvalue weighted by Crippen LogP contribution is -2.35. The number of anilines is 1. The van der Waals surface area contributed by atoms with Crippen LogP contribution in [0.15, 0.2) is 18.2 Å². The Morgan fingerprint density at radius 2 is 2.31 bits per heavy atom. The fourth-order valence-electron chi connectivity index (χ4n) is 2.47. The zero-order valence-corrected chi connectivity index (χ0v) is 9.75. The second-order valence-corrected chi connectivity index (χ2v) is 4.65. The van der Waals surface area contributed by atoms with E-state index < -0.39 is 0 Å². The fraction of sp³-hybridized carbons (Fsp3) is 0.538. The molecule has 0 aliphatic carbocycles. The molecule has 1 aromatic carbocycles. The van der Waals surface area contributed by atoms with Gasteiger partial charge in [0.25, 0.3) is 0 Å². The van der Waals surface area contributed by atoms with Gasteiger partial charge in [0.2, 0.25) is 0 Å². The second kappa shape index (κ2) is 4.83. The van der Waals surface area contributed by atoms with Crippen molar-refractivity contribution in [2.45, 2.75) is 26.3 Å². The van der Waals surface area contributed by atoms with Crippen molar-refractivity contribution in [2.24, 2.45) is 11.7 Å². The van der Waals surface area contributed by atoms with E-state index in [1.807, 2.05) is 6.07 Å². The Hall–Kier alpha value is -1.09. The lowest BCUT2D eigenvalue weighted by Gasteiger charge is -2.34. The van der Waals surface area contributed by atoms with Gasteiger partial charge in [-0.25, -0.2) is 4.39 Å². The smallest absolute Gasteiger partial charge is 0.146 e. The number of hydrogen-bond donors (Lipinski definition) is 1. The molecule has 0 spiro atoms. The Bertz CT molecular complexity index is 365. The van der Waals surface area contributed by atoms with Gasteiger partial charge in [-0.3, -0.25) is 0 Å². The van der Waals surface area contributed by atoms with E-state index in [0.29, 0.717) is 12.5 Å². The molecular weight excluding hydrogens is 203 g/mol. The minimum absolute atomic E-state index is 0.142. The quantitative estimate of drug-likeness (QED) is 0.833. The number of nitrogens with zero attached hydrogens (tertiary/aromatic N) is 1. The predicted molar refractivity (Wildman–Crippen MR) is 64.9 cm³/mol. The van der Waals surface area contributed by atoms with Gasteiger partial charge in [-0.2, -0.15) is 0 Å². The van der Waals surface area contributed by atoms with E-state index in [0.717, 1.165) is 30.8 Å². The molecule has 0 radical (unpaired) electrons. The van der Waals surface area contributed by atoms with Crippen LogP contribution in [0.25, 0.3) is 0 Å². The molecule has 2 nitrogen and oxygen atoms in total. The van der Waals surface area contributed by atoms with Crippen LogP contribution in [-0.4, -0.2) is 13.1 Å². The van der Waals surface area contributed by atoms with Crippen LogP contribution in [0.4, 0.5) is 10.1 Å². The van der Waals surface area contributed by atoms with Crippen LogP contribution >= 0.6 is 0 Å². The topological polar surface area (TPSA) is 29.3 Å². The molecule has 0 bridgehead atoms. The number of nitrogens with two attached hydrogens (primary N) is 1. The van der Waals surface area contributed by atoms with Crippen LogP contribution in [0.3, 0.4) is 0 Å². The zero-order valence-electron chi connectivity index (χ0n) is 9.75. The van der Waals surface area contributed by atoms with Crippen molar-refractivity contribution in [3.63, 3.8) is 0 Å². The van der Waals surface area contributed by atoms with Crippen LogP contribution in [-0.2, 0) is 6.54 Å². The highest BCUT2D eigenvalue weighted by Crippen LogP contribution is 2.28. The number of piperidine rings is 1. The molecule has 1 aliphatic heterocycles. The maximum atomic E-state index is 13.9. The van der Waals surface area contributed by atoms with Gasteiger partial charge in [-0.15, -0.1) is 0 Å². The summed E-state index contributed by atoms with van der Waals surface area (Å²) in [5, 5.41) is 0. The molecular formula is C13H19FN2. The van der Waals surface area contributed by atoms with E-state index in [1.165, 1.54) is 12.5 Å². The maximum absolute atomic E-state index is 13.9. The van der Waals surface area contributed by atoms with Crippen molar-refractivity contribution in [1.82, 2.24) is 0 Å². The van der Waals surface area contributed by atoms with Gasteiger partial charge in [0.15, 0.2) is 0 Å². The van der Waals surface area contributed by atoms with Gasteiger partial charge in [-0.05, 0) is 30.4 Å². The lowest BCUT2D eigenvalue weighted by molar-refractivity contribution is 0.441. The van der Waals surface area contributed by atoms with Crippen molar-refractivity contribution >= 4 is 5.69 Å². The summed E-state index contributed by atoms with van der Waals surface area (Å²) >= 11 is 0. The van der Waals surface area contributed by atoms with E-state index in [9.17, 15) is 4.39 Å². The average Bonchev–Trinajstić information content (AvgIpc) is 2.28. The molecule has 16 heavy (non-hydrogen) atoms. The van der Waals surface area contributed by atoms with Crippen LogP contribution in [0.2, 0.25) is 0 Å². The van der Waals surface area contributed by atoms with Gasteiger partial charge in [0, 0.05) is 19.6 Å². The van der Waals surface area contributed by atoms with E-state index in [-0.39, 0.29) is 5.82 Å². The molecule has 2 N–H and O–H groups in total. The summed E-state index contributed by atoms with van der Waals surface area (Å²) in [6, 6.07) is 5.17. The van der Waals surface area contributed by atoms with E-state index in [1.54, 1.807) is 6.07 Å². The third kappa shape index (κ3) is 2.19. The number of hydrogen-bond acceptors (Lipinski definition) is 2. The number of para-hydroxylation sites is 1. The summed E-state index contributed by atoms with van der Waals surface area (Å²) in [7, 11) is 0. The largest absolute Gasteiger partial charge is 0.369 e. The zero-order chi connectivity index (χ0) is 11.5. The van der Waals surface area contributed by atoms with Crippen LogP contribution in [0.1, 0.15) is 25.3 Å². The van der Waals surface area contributed by atoms with Crippen molar-refractivity contribution in [3.05, 3.63) is 29.6 Å². The van der Waals surface area contributed by atoms with Crippen molar-refractivity contribution in [3.8, 4) is 0 Å². The molecule has 1 atom stereocenters. The molecule has 0 amide bonds. The Morgan fingerprint density at radius 3 is 3.00 bits per heavy atom. The van der Waals surface area contributed by atoms with Gasteiger partial charge in [0.1, 0.15) is 5.82 Å². The summed E-state index contributed by atoms with van der Waals surface area (Å²) < 4.78 is 13.9. The molecule has 88 valence electrons. The summed E-state index contributed by atoms with van der Waals surface area (Å²) in [5.41, 5.74) is 7.30. The summed E-state index contributed by atoms with van der Waals surface area (Å²) in [4.78, 5) is 2.14. The normalized spacial score (nSPS) is 21.2. The molecule has 0 aromatic heterocycles. The highest BCUT2D eigenvalue weighted by molar-refractivity contribution is 5.55. The standard InChI is InChI=1S/C13H19FN2/c1-10-4-3-7-16(9-10)13-11(8-15)5-2-6-12(13)14/h2,5-6,10H,3-4,7-9,15H2,1H3. The minimum atomic E-state index is -0.142. The monoisotopic (exact) mass is 222 g/mol. The summed E-state index contributed by atoms with van der Waals surface area (Å²) in [6.07, 6.45) is 2.38. The molecule has 1 aliphatic rings. The van der Waals surface area contributed by atoms with Gasteiger partial charge < -0.3 is 10.6 Å². The summed E-state index contributed by atoms with van der Waals surface area (Å²) in [6.45, 7) is 4.50. The molecule has 1 aromatic rings. The average molecular weight is 222 g/mol. The Morgan fingerprint density at radius 1 is 1.50 bits per heavy atom. The van der Waals surface area contributed by atoms with Gasteiger partial charge >= 0.3 is 0 Å². The second-order valence-electron chi connectivity index (χ2n) is 4.65. The van der Waals surface area contributed by atoms with Crippen molar-refractivity contribution in [1.29, 1.82) is 0 Å². The molecule has 1 heterocycles. The van der Waals surface area contributed by atoms with Crippen LogP contribution in [0, 0.1) is 11.7 Å². The number of halogens is 1. The molecule has 3 heteroatoms. The highest BCUT2D eigenvalue weighted by atomic mass is 19.1. The van der Waals surface area contributed by atoms with E-state index in [2.05, 4.69) is 11.8 Å². The molecule has 0 saturated carbocycles. The Balaban J connectivity index is 2.30. The third-order valence-electron chi connectivity index (χ3n) is 3.26. The van der Waals surface area contributed by atoms with Gasteiger partial charge in [-0.1, -0.05) is 19.1 Å². The third-order valence-corrected chi connectivity index (χ3v) is 3.26. The number of rotatable bonds is 2. The first-order chi connectivity index (χ1) is 7.72. The first-order valence-electron chi connectivity index (χ1n) is 5.94. The number of benzene rings is 1. The van der Waals surface area contributed by atoms with Crippen LogP contribution in [0.5, 0.6) is 0 Å².